The fourth-order valence-electron chi connectivity index (χ4n) is 4.48. The average molecular weight is 383 g/mol. The summed E-state index contributed by atoms with van der Waals surface area (Å²) < 4.78 is 18.3. The fourth-order valence-corrected chi connectivity index (χ4v) is 4.48. The summed E-state index contributed by atoms with van der Waals surface area (Å²) in [6, 6.07) is 15.0. The highest BCUT2D eigenvalue weighted by Gasteiger charge is 2.40. The summed E-state index contributed by atoms with van der Waals surface area (Å²) >= 11 is 0. The number of hydrogen-bond acceptors (Lipinski definition) is 3. The fraction of sp³-hybridized carbons (Fsp3) is 0.409. The lowest BCUT2D eigenvalue weighted by Crippen LogP contribution is -2.50. The first-order valence-electron chi connectivity index (χ1n) is 9.82. The maximum atomic E-state index is 13.1. The van der Waals surface area contributed by atoms with Gasteiger partial charge in [0, 0.05) is 30.4 Å². The number of methoxy groups -OCH3 is 1. The number of hydrogen-bond donors (Lipinski definition) is 2. The maximum Gasteiger partial charge on any atom is 0.319 e. The van der Waals surface area contributed by atoms with Gasteiger partial charge in [0.2, 0.25) is 0 Å². The number of carbonyl (C=O) groups excluding carboxylic acids is 1. The highest BCUT2D eigenvalue weighted by atomic mass is 19.1. The molecule has 0 aromatic heterocycles. The van der Waals surface area contributed by atoms with Crippen LogP contribution in [0.15, 0.2) is 48.5 Å². The summed E-state index contributed by atoms with van der Waals surface area (Å²) in [6.07, 6.45) is 4.22. The summed E-state index contributed by atoms with van der Waals surface area (Å²) in [5.74, 6) is 0.563. The third-order valence-corrected chi connectivity index (χ3v) is 5.85. The molecule has 6 heteroatoms. The molecule has 2 amide bonds. The van der Waals surface area contributed by atoms with Crippen LogP contribution in [0.5, 0.6) is 5.75 Å². The minimum atomic E-state index is -0.197. The van der Waals surface area contributed by atoms with E-state index >= 15 is 0 Å². The van der Waals surface area contributed by atoms with E-state index in [0.717, 1.165) is 49.2 Å². The quantitative estimate of drug-likeness (QED) is 0.816. The number of nitrogens with one attached hydrogen (secondary N) is 2. The SMILES string of the molecule is COc1ccc(NC(=O)NC2C[C@H]3CC[C@H](C2)N3Cc2ccc(F)cc2)cc1. The van der Waals surface area contributed by atoms with Gasteiger partial charge in [0.1, 0.15) is 11.6 Å². The highest BCUT2D eigenvalue weighted by molar-refractivity contribution is 5.89. The van der Waals surface area contributed by atoms with Gasteiger partial charge in [-0.15, -0.1) is 0 Å². The Morgan fingerprint density at radius 2 is 1.71 bits per heavy atom. The van der Waals surface area contributed by atoms with Gasteiger partial charge in [-0.1, -0.05) is 12.1 Å². The van der Waals surface area contributed by atoms with E-state index in [2.05, 4.69) is 15.5 Å². The number of nitrogens with zero attached hydrogens (tertiary/aromatic N) is 1. The van der Waals surface area contributed by atoms with Crippen molar-refractivity contribution in [3.05, 3.63) is 59.9 Å². The standard InChI is InChI=1S/C22H26FN3O2/c1-28-21-10-6-17(7-11-21)24-22(27)25-18-12-19-8-9-20(13-18)26(19)14-15-2-4-16(23)5-3-15/h2-7,10-11,18-20H,8-9,12-14H2,1H3,(H2,24,25,27)/t19-,20-/m1/s1. The van der Waals surface area contributed by atoms with Crippen molar-refractivity contribution in [1.29, 1.82) is 0 Å². The number of urea groups is 1. The second-order valence-corrected chi connectivity index (χ2v) is 7.68. The van der Waals surface area contributed by atoms with Gasteiger partial charge in [0.15, 0.2) is 0 Å². The molecule has 2 aliphatic heterocycles. The predicted molar refractivity (Wildman–Crippen MR) is 107 cm³/mol. The molecule has 148 valence electrons. The zero-order valence-corrected chi connectivity index (χ0v) is 16.0. The third-order valence-electron chi connectivity index (χ3n) is 5.85. The largest absolute Gasteiger partial charge is 0.497 e. The van der Waals surface area contributed by atoms with Crippen LogP contribution in [0.25, 0.3) is 0 Å². The summed E-state index contributed by atoms with van der Waals surface area (Å²) in [6.45, 7) is 0.848. The van der Waals surface area contributed by atoms with Crippen LogP contribution in [0.1, 0.15) is 31.2 Å². The van der Waals surface area contributed by atoms with E-state index in [4.69, 9.17) is 4.74 Å². The lowest BCUT2D eigenvalue weighted by molar-refractivity contribution is 0.112. The number of carbonyl (C=O) groups is 1. The van der Waals surface area contributed by atoms with Crippen LogP contribution in [-0.4, -0.2) is 36.2 Å². The van der Waals surface area contributed by atoms with Crippen LogP contribution < -0.4 is 15.4 Å². The van der Waals surface area contributed by atoms with E-state index in [-0.39, 0.29) is 17.9 Å². The molecule has 0 saturated carbocycles. The molecule has 0 spiro atoms. The van der Waals surface area contributed by atoms with Gasteiger partial charge < -0.3 is 15.4 Å². The molecular weight excluding hydrogens is 357 g/mol. The Labute approximate surface area is 164 Å². The Bertz CT molecular complexity index is 796. The van der Waals surface area contributed by atoms with Crippen molar-refractivity contribution in [3.8, 4) is 5.75 Å². The molecule has 0 aliphatic carbocycles. The maximum absolute atomic E-state index is 13.1. The highest BCUT2D eigenvalue weighted by Crippen LogP contribution is 2.36. The van der Waals surface area contributed by atoms with E-state index < -0.39 is 0 Å². The zero-order chi connectivity index (χ0) is 19.5. The van der Waals surface area contributed by atoms with Gasteiger partial charge >= 0.3 is 6.03 Å². The van der Waals surface area contributed by atoms with Crippen LogP contribution in [0.3, 0.4) is 0 Å². The number of halogens is 1. The van der Waals surface area contributed by atoms with Gasteiger partial charge in [0.05, 0.1) is 7.11 Å². The first kappa shape index (κ1) is 18.7. The van der Waals surface area contributed by atoms with E-state index in [1.54, 1.807) is 7.11 Å². The number of anilines is 1. The molecule has 2 bridgehead atoms. The molecule has 28 heavy (non-hydrogen) atoms. The Balaban J connectivity index is 1.31. The molecule has 4 rings (SSSR count). The first-order valence-corrected chi connectivity index (χ1v) is 9.82. The normalized spacial score (nSPS) is 24.0. The summed E-state index contributed by atoms with van der Waals surface area (Å²) in [5.41, 5.74) is 1.89. The Morgan fingerprint density at radius 3 is 2.32 bits per heavy atom. The molecule has 5 nitrogen and oxygen atoms in total. The minimum Gasteiger partial charge on any atom is -0.497 e. The lowest BCUT2D eigenvalue weighted by Gasteiger charge is -2.39. The molecule has 2 fully saturated rings. The van der Waals surface area contributed by atoms with Crippen molar-refractivity contribution >= 4 is 11.7 Å². The zero-order valence-electron chi connectivity index (χ0n) is 16.0. The number of piperidine rings is 1. The second kappa shape index (κ2) is 8.19. The molecule has 2 N–H and O–H groups in total. The van der Waals surface area contributed by atoms with Gasteiger partial charge in [-0.25, -0.2) is 9.18 Å². The molecular formula is C22H26FN3O2. The van der Waals surface area contributed by atoms with Crippen LogP contribution in [0, 0.1) is 5.82 Å². The molecule has 2 aromatic rings. The monoisotopic (exact) mass is 383 g/mol. The number of rotatable bonds is 5. The number of amides is 2. The van der Waals surface area contributed by atoms with Gasteiger partial charge in [0.25, 0.3) is 0 Å². The first-order chi connectivity index (χ1) is 13.6. The second-order valence-electron chi connectivity index (χ2n) is 7.68. The topological polar surface area (TPSA) is 53.6 Å². The van der Waals surface area contributed by atoms with Crippen molar-refractivity contribution in [2.24, 2.45) is 0 Å². The number of ether oxygens (including phenoxy) is 1. The minimum absolute atomic E-state index is 0.165. The van der Waals surface area contributed by atoms with Gasteiger partial charge in [-0.3, -0.25) is 4.90 Å². The van der Waals surface area contributed by atoms with Crippen molar-refractivity contribution in [3.63, 3.8) is 0 Å². The molecule has 0 unspecified atom stereocenters. The van der Waals surface area contributed by atoms with E-state index in [9.17, 15) is 9.18 Å². The van der Waals surface area contributed by atoms with Gasteiger partial charge in [-0.2, -0.15) is 0 Å². The third kappa shape index (κ3) is 4.28. The molecule has 2 atom stereocenters. The van der Waals surface area contributed by atoms with Crippen molar-refractivity contribution in [2.45, 2.75) is 50.4 Å². The molecule has 2 aromatic carbocycles. The van der Waals surface area contributed by atoms with Crippen molar-refractivity contribution in [1.82, 2.24) is 10.2 Å². The summed E-state index contributed by atoms with van der Waals surface area (Å²) in [5, 5.41) is 6.02. The average Bonchev–Trinajstić information content (AvgIpc) is 2.92. The molecule has 2 aliphatic rings. The number of benzene rings is 2. The van der Waals surface area contributed by atoms with Gasteiger partial charge in [-0.05, 0) is 67.6 Å². The van der Waals surface area contributed by atoms with Crippen molar-refractivity contribution < 1.29 is 13.9 Å². The van der Waals surface area contributed by atoms with Crippen LogP contribution in [-0.2, 0) is 6.54 Å². The predicted octanol–water partition coefficient (Wildman–Crippen LogP) is 4.15. The van der Waals surface area contributed by atoms with Crippen LogP contribution >= 0.6 is 0 Å². The Kier molecular flexibility index (Phi) is 5.48. The van der Waals surface area contributed by atoms with Crippen LogP contribution in [0.2, 0.25) is 0 Å². The summed E-state index contributed by atoms with van der Waals surface area (Å²) in [7, 11) is 1.62. The molecule has 2 heterocycles. The number of fused-ring (bicyclic) bond motifs is 2. The smallest absolute Gasteiger partial charge is 0.319 e. The molecule has 0 radical (unpaired) electrons. The summed E-state index contributed by atoms with van der Waals surface area (Å²) in [4.78, 5) is 14.9. The Morgan fingerprint density at radius 1 is 1.07 bits per heavy atom. The van der Waals surface area contributed by atoms with Crippen molar-refractivity contribution in [2.75, 3.05) is 12.4 Å². The van der Waals surface area contributed by atoms with E-state index in [1.807, 2.05) is 36.4 Å². The van der Waals surface area contributed by atoms with Crippen LogP contribution in [0.4, 0.5) is 14.9 Å². The Hall–Kier alpha value is -2.60. The van der Waals surface area contributed by atoms with E-state index in [1.165, 1.54) is 12.1 Å². The lowest BCUT2D eigenvalue weighted by atomic mass is 9.96. The van der Waals surface area contributed by atoms with E-state index in [0.29, 0.717) is 12.1 Å². The molecule has 2 saturated heterocycles.